The maximum atomic E-state index is 12.0. The Morgan fingerprint density at radius 1 is 0.950 bits per heavy atom. The van der Waals surface area contributed by atoms with E-state index in [-0.39, 0.29) is 16.5 Å². The topological polar surface area (TPSA) is 73.3 Å². The highest BCUT2D eigenvalue weighted by molar-refractivity contribution is 5.91. The van der Waals surface area contributed by atoms with E-state index in [1.54, 1.807) is 24.3 Å². The van der Waals surface area contributed by atoms with Crippen LogP contribution < -0.4 is 5.63 Å². The van der Waals surface area contributed by atoms with Crippen LogP contribution in [0.25, 0.3) is 22.1 Å². The third-order valence-electron chi connectivity index (χ3n) is 3.04. The van der Waals surface area contributed by atoms with Gasteiger partial charge in [-0.2, -0.15) is 0 Å². The van der Waals surface area contributed by atoms with Gasteiger partial charge in [0.2, 0.25) is 0 Å². The van der Waals surface area contributed by atoms with E-state index < -0.39 is 10.5 Å². The zero-order valence-electron chi connectivity index (χ0n) is 10.3. The van der Waals surface area contributed by atoms with Crippen molar-refractivity contribution in [2.75, 3.05) is 0 Å². The lowest BCUT2D eigenvalue weighted by atomic mass is 10.1. The van der Waals surface area contributed by atoms with Gasteiger partial charge in [0.1, 0.15) is 5.76 Å². The lowest BCUT2D eigenvalue weighted by Gasteiger charge is -2.03. The molecular weight excluding hydrogens is 258 g/mol. The van der Waals surface area contributed by atoms with Crippen molar-refractivity contribution < 1.29 is 9.34 Å². The second-order valence-electron chi connectivity index (χ2n) is 4.26. The van der Waals surface area contributed by atoms with Crippen molar-refractivity contribution in [3.63, 3.8) is 0 Å². The van der Waals surface area contributed by atoms with Crippen molar-refractivity contribution in [1.29, 1.82) is 0 Å². The third-order valence-corrected chi connectivity index (χ3v) is 3.04. The molecule has 0 radical (unpaired) electrons. The minimum absolute atomic E-state index is 0.104. The molecule has 0 spiro atoms. The monoisotopic (exact) mass is 267 g/mol. The number of non-ortho nitro benzene ring substituents is 1. The van der Waals surface area contributed by atoms with Crippen molar-refractivity contribution in [3.05, 3.63) is 75.1 Å². The summed E-state index contributed by atoms with van der Waals surface area (Å²) in [6.07, 6.45) is 0. The van der Waals surface area contributed by atoms with Gasteiger partial charge in [0.25, 0.3) is 5.69 Å². The second kappa shape index (κ2) is 4.62. The number of rotatable bonds is 2. The maximum Gasteiger partial charge on any atom is 0.344 e. The summed E-state index contributed by atoms with van der Waals surface area (Å²) in [4.78, 5) is 22.5. The molecule has 3 rings (SSSR count). The molecule has 1 heterocycles. The molecule has 98 valence electrons. The Bertz CT molecular complexity index is 853. The summed E-state index contributed by atoms with van der Waals surface area (Å²) in [6, 6.07) is 14.9. The van der Waals surface area contributed by atoms with Crippen LogP contribution in [-0.2, 0) is 0 Å². The quantitative estimate of drug-likeness (QED) is 0.527. The smallest absolute Gasteiger partial charge is 0.344 e. The lowest BCUT2D eigenvalue weighted by molar-refractivity contribution is -0.383. The highest BCUT2D eigenvalue weighted by Crippen LogP contribution is 2.27. The van der Waals surface area contributed by atoms with Crippen molar-refractivity contribution in [1.82, 2.24) is 0 Å². The largest absolute Gasteiger partial charge is 0.422 e. The number of hydrogen-bond acceptors (Lipinski definition) is 4. The summed E-state index contributed by atoms with van der Waals surface area (Å²) < 4.78 is 5.23. The first-order valence-electron chi connectivity index (χ1n) is 5.93. The first-order chi connectivity index (χ1) is 9.66. The summed E-state index contributed by atoms with van der Waals surface area (Å²) >= 11 is 0. The molecule has 0 aliphatic rings. The van der Waals surface area contributed by atoms with E-state index in [0.29, 0.717) is 11.3 Å². The van der Waals surface area contributed by atoms with Gasteiger partial charge >= 0.3 is 5.63 Å². The Kier molecular flexibility index (Phi) is 2.80. The summed E-state index contributed by atoms with van der Waals surface area (Å²) in [5, 5.41) is 11.5. The first-order valence-corrected chi connectivity index (χ1v) is 5.93. The zero-order valence-corrected chi connectivity index (χ0v) is 10.3. The number of nitrogens with zero attached hydrogens (tertiary/aromatic N) is 1. The predicted octanol–water partition coefficient (Wildman–Crippen LogP) is 3.37. The summed E-state index contributed by atoms with van der Waals surface area (Å²) in [7, 11) is 0. The average Bonchev–Trinajstić information content (AvgIpc) is 2.47. The molecule has 20 heavy (non-hydrogen) atoms. The molecule has 0 bridgehead atoms. The standard InChI is InChI=1S/C15H9NO4/c17-15-11-7-4-8-13(16(18)19)12(11)9-14(20-15)10-5-2-1-3-6-10/h1-9H. The first kappa shape index (κ1) is 12.1. The number of fused-ring (bicyclic) bond motifs is 1. The molecule has 2 aromatic carbocycles. The summed E-state index contributed by atoms with van der Waals surface area (Å²) in [5.41, 5.74) is 0.0160. The number of benzene rings is 2. The molecule has 0 atom stereocenters. The zero-order chi connectivity index (χ0) is 14.1. The minimum atomic E-state index is -0.579. The van der Waals surface area contributed by atoms with E-state index in [9.17, 15) is 14.9 Å². The van der Waals surface area contributed by atoms with E-state index in [2.05, 4.69) is 0 Å². The maximum absolute atomic E-state index is 12.0. The number of nitro groups is 1. The van der Waals surface area contributed by atoms with Gasteiger partial charge in [-0.1, -0.05) is 36.4 Å². The number of nitro benzene ring substituents is 1. The van der Waals surface area contributed by atoms with Gasteiger partial charge < -0.3 is 4.42 Å². The SMILES string of the molecule is O=c1oc(-c2ccccc2)cc2c([N+](=O)[O-])cccc12. The van der Waals surface area contributed by atoms with Crippen LogP contribution in [-0.4, -0.2) is 4.92 Å². The van der Waals surface area contributed by atoms with Gasteiger partial charge in [-0.25, -0.2) is 4.79 Å². The Morgan fingerprint density at radius 2 is 1.70 bits per heavy atom. The summed E-state index contributed by atoms with van der Waals surface area (Å²) in [6.45, 7) is 0. The van der Waals surface area contributed by atoms with Gasteiger partial charge in [0, 0.05) is 11.6 Å². The molecule has 3 aromatic rings. The van der Waals surface area contributed by atoms with Gasteiger partial charge in [-0.3, -0.25) is 10.1 Å². The highest BCUT2D eigenvalue weighted by atomic mass is 16.6. The van der Waals surface area contributed by atoms with Crippen LogP contribution in [0.15, 0.2) is 63.8 Å². The van der Waals surface area contributed by atoms with E-state index in [0.717, 1.165) is 0 Å². The molecule has 0 aliphatic carbocycles. The van der Waals surface area contributed by atoms with Gasteiger partial charge in [-0.05, 0) is 12.1 Å². The fourth-order valence-corrected chi connectivity index (χ4v) is 2.10. The van der Waals surface area contributed by atoms with Crippen molar-refractivity contribution in [2.24, 2.45) is 0 Å². The number of hydrogen-bond donors (Lipinski definition) is 0. The van der Waals surface area contributed by atoms with Crippen LogP contribution >= 0.6 is 0 Å². The van der Waals surface area contributed by atoms with E-state index in [1.807, 2.05) is 6.07 Å². The van der Waals surface area contributed by atoms with Crippen LogP contribution in [0, 0.1) is 10.1 Å². The normalized spacial score (nSPS) is 10.6. The van der Waals surface area contributed by atoms with Crippen molar-refractivity contribution >= 4 is 16.5 Å². The Hall–Kier alpha value is -2.95. The molecule has 5 heteroatoms. The lowest BCUT2D eigenvalue weighted by Crippen LogP contribution is -2.02. The fraction of sp³-hybridized carbons (Fsp3) is 0. The molecule has 0 N–H and O–H groups in total. The molecule has 0 saturated carbocycles. The van der Waals surface area contributed by atoms with Crippen LogP contribution in [0.1, 0.15) is 0 Å². The molecule has 1 aromatic heterocycles. The molecule has 0 aliphatic heterocycles. The Balaban J connectivity index is 2.36. The Labute approximate surface area is 113 Å². The highest BCUT2D eigenvalue weighted by Gasteiger charge is 2.15. The summed E-state index contributed by atoms with van der Waals surface area (Å²) in [5.74, 6) is 0.317. The second-order valence-corrected chi connectivity index (χ2v) is 4.26. The molecule has 0 fully saturated rings. The Morgan fingerprint density at radius 3 is 2.40 bits per heavy atom. The van der Waals surface area contributed by atoms with Crippen LogP contribution in [0.3, 0.4) is 0 Å². The van der Waals surface area contributed by atoms with E-state index in [1.165, 1.54) is 24.3 Å². The third kappa shape index (κ3) is 1.95. The minimum Gasteiger partial charge on any atom is -0.422 e. The van der Waals surface area contributed by atoms with Crippen molar-refractivity contribution in [3.8, 4) is 11.3 Å². The van der Waals surface area contributed by atoms with Gasteiger partial charge in [0.15, 0.2) is 0 Å². The predicted molar refractivity (Wildman–Crippen MR) is 74.6 cm³/mol. The molecule has 0 amide bonds. The van der Waals surface area contributed by atoms with E-state index in [4.69, 9.17) is 4.42 Å². The average molecular weight is 267 g/mol. The van der Waals surface area contributed by atoms with Crippen molar-refractivity contribution in [2.45, 2.75) is 0 Å². The molecule has 5 nitrogen and oxygen atoms in total. The van der Waals surface area contributed by atoms with Gasteiger partial charge in [0.05, 0.1) is 15.7 Å². The van der Waals surface area contributed by atoms with E-state index >= 15 is 0 Å². The van der Waals surface area contributed by atoms with Gasteiger partial charge in [-0.15, -0.1) is 0 Å². The fourth-order valence-electron chi connectivity index (χ4n) is 2.10. The van der Waals surface area contributed by atoms with Crippen LogP contribution in [0.5, 0.6) is 0 Å². The molecule has 0 saturated heterocycles. The van der Waals surface area contributed by atoms with Crippen LogP contribution in [0.2, 0.25) is 0 Å². The molecule has 0 unspecified atom stereocenters. The molecular formula is C15H9NO4. The van der Waals surface area contributed by atoms with Crippen LogP contribution in [0.4, 0.5) is 5.69 Å².